The van der Waals surface area contributed by atoms with E-state index >= 15 is 0 Å². The van der Waals surface area contributed by atoms with Gasteiger partial charge in [-0.15, -0.1) is 0 Å². The fourth-order valence-corrected chi connectivity index (χ4v) is 2.18. The molecule has 2 N–H and O–H groups in total. The lowest BCUT2D eigenvalue weighted by molar-refractivity contribution is -0.116. The normalized spacial score (nSPS) is 9.95. The fourth-order valence-electron chi connectivity index (χ4n) is 1.95. The highest BCUT2D eigenvalue weighted by Gasteiger charge is 2.05. The summed E-state index contributed by atoms with van der Waals surface area (Å²) in [4.78, 5) is 12.9. The van der Waals surface area contributed by atoms with E-state index in [0.717, 1.165) is 22.6 Å². The second-order valence-corrected chi connectivity index (χ2v) is 5.43. The van der Waals surface area contributed by atoms with Crippen molar-refractivity contribution in [2.75, 3.05) is 22.6 Å². The Bertz CT molecular complexity index is 683. The van der Waals surface area contributed by atoms with E-state index < -0.39 is 0 Å². The van der Waals surface area contributed by atoms with Gasteiger partial charge in [0.2, 0.25) is 5.91 Å². The van der Waals surface area contributed by atoms with Gasteiger partial charge in [0.25, 0.3) is 0 Å². The van der Waals surface area contributed by atoms with E-state index in [1.165, 1.54) is 6.92 Å². The molecule has 0 atom stereocenters. The summed E-state index contributed by atoms with van der Waals surface area (Å²) in [5.74, 6) is -0.00236. The Kier molecular flexibility index (Phi) is 5.12. The number of aryl methyl sites for hydroxylation is 1. The van der Waals surface area contributed by atoms with Crippen LogP contribution in [-0.4, -0.2) is 18.1 Å². The van der Waals surface area contributed by atoms with Crippen LogP contribution in [0.3, 0.4) is 0 Å². The van der Waals surface area contributed by atoms with Gasteiger partial charge in [0.15, 0.2) is 5.11 Å². The van der Waals surface area contributed by atoms with Crippen molar-refractivity contribution in [3.05, 3.63) is 54.1 Å². The number of hydrogen-bond acceptors (Lipinski definition) is 2. The number of anilines is 3. The number of hydrogen-bond donors (Lipinski definition) is 2. The summed E-state index contributed by atoms with van der Waals surface area (Å²) in [6, 6.07) is 15.5. The molecule has 2 rings (SSSR count). The molecule has 4 nitrogen and oxygen atoms in total. The van der Waals surface area contributed by atoms with E-state index in [1.807, 2.05) is 55.5 Å². The van der Waals surface area contributed by atoms with E-state index in [2.05, 4.69) is 10.6 Å². The topological polar surface area (TPSA) is 44.4 Å². The molecular weight excluding hydrogens is 294 g/mol. The first kappa shape index (κ1) is 16.0. The molecule has 0 saturated carbocycles. The van der Waals surface area contributed by atoms with E-state index in [1.54, 1.807) is 11.9 Å². The number of carbonyl (C=O) groups is 1. The van der Waals surface area contributed by atoms with Crippen molar-refractivity contribution in [1.29, 1.82) is 0 Å². The van der Waals surface area contributed by atoms with Gasteiger partial charge in [0, 0.05) is 31.0 Å². The first-order valence-electron chi connectivity index (χ1n) is 6.95. The minimum Gasteiger partial charge on any atom is -0.332 e. The van der Waals surface area contributed by atoms with Gasteiger partial charge in [-0.05, 0) is 55.0 Å². The Labute approximate surface area is 136 Å². The molecule has 0 aliphatic rings. The van der Waals surface area contributed by atoms with E-state index in [-0.39, 0.29) is 5.91 Å². The van der Waals surface area contributed by atoms with Crippen LogP contribution >= 0.6 is 12.2 Å². The van der Waals surface area contributed by atoms with Gasteiger partial charge >= 0.3 is 0 Å². The molecule has 0 aliphatic heterocycles. The maximum Gasteiger partial charge on any atom is 0.223 e. The zero-order valence-electron chi connectivity index (χ0n) is 12.9. The quantitative estimate of drug-likeness (QED) is 0.846. The minimum atomic E-state index is -0.00236. The zero-order valence-corrected chi connectivity index (χ0v) is 13.7. The third kappa shape index (κ3) is 4.05. The second-order valence-electron chi connectivity index (χ2n) is 5.02. The number of thiocarbonyl (C=S) groups is 1. The van der Waals surface area contributed by atoms with Crippen molar-refractivity contribution in [2.45, 2.75) is 13.8 Å². The van der Waals surface area contributed by atoms with Gasteiger partial charge in [0.05, 0.1) is 0 Å². The molecule has 1 amide bonds. The summed E-state index contributed by atoms with van der Waals surface area (Å²) >= 11 is 5.32. The lowest BCUT2D eigenvalue weighted by Gasteiger charge is -2.16. The molecule has 22 heavy (non-hydrogen) atoms. The van der Waals surface area contributed by atoms with Crippen LogP contribution in [0.1, 0.15) is 12.5 Å². The Morgan fingerprint density at radius 3 is 2.27 bits per heavy atom. The van der Waals surface area contributed by atoms with Gasteiger partial charge in [0.1, 0.15) is 0 Å². The van der Waals surface area contributed by atoms with Crippen molar-refractivity contribution in [3.8, 4) is 0 Å². The van der Waals surface area contributed by atoms with Gasteiger partial charge in [-0.3, -0.25) is 4.79 Å². The fraction of sp³-hybridized carbons (Fsp3) is 0.176. The molecule has 0 unspecified atom stereocenters. The number of carbonyl (C=O) groups excluding carboxylic acids is 1. The third-order valence-electron chi connectivity index (χ3n) is 3.38. The van der Waals surface area contributed by atoms with E-state index in [9.17, 15) is 4.79 Å². The van der Waals surface area contributed by atoms with Crippen molar-refractivity contribution < 1.29 is 4.79 Å². The van der Waals surface area contributed by atoms with Gasteiger partial charge in [-0.2, -0.15) is 0 Å². The molecule has 2 aromatic carbocycles. The third-order valence-corrected chi connectivity index (χ3v) is 3.58. The van der Waals surface area contributed by atoms with Crippen LogP contribution in [0.2, 0.25) is 0 Å². The predicted molar refractivity (Wildman–Crippen MR) is 96.5 cm³/mol. The standard InChI is InChI=1S/C17H19N3OS/c1-12-6-4-5-7-16(12)19-17(22)18-14-8-10-15(11-9-14)20(3)13(2)21/h4-11H,1-3H3,(H2,18,19,22). The Hall–Kier alpha value is -2.40. The first-order valence-corrected chi connectivity index (χ1v) is 7.36. The lowest BCUT2D eigenvalue weighted by atomic mass is 10.2. The van der Waals surface area contributed by atoms with Crippen LogP contribution in [-0.2, 0) is 4.79 Å². The van der Waals surface area contributed by atoms with Crippen LogP contribution in [0, 0.1) is 6.92 Å². The predicted octanol–water partition coefficient (Wildman–Crippen LogP) is 3.79. The molecule has 0 fully saturated rings. The van der Waals surface area contributed by atoms with Crippen LogP contribution in [0.15, 0.2) is 48.5 Å². The smallest absolute Gasteiger partial charge is 0.223 e. The van der Waals surface area contributed by atoms with Crippen LogP contribution in [0.4, 0.5) is 17.1 Å². The highest BCUT2D eigenvalue weighted by molar-refractivity contribution is 7.80. The van der Waals surface area contributed by atoms with Crippen molar-refractivity contribution in [2.24, 2.45) is 0 Å². The van der Waals surface area contributed by atoms with Crippen molar-refractivity contribution in [1.82, 2.24) is 0 Å². The molecule has 0 aromatic heterocycles. The number of nitrogens with zero attached hydrogens (tertiary/aromatic N) is 1. The van der Waals surface area contributed by atoms with Crippen molar-refractivity contribution in [3.63, 3.8) is 0 Å². The zero-order chi connectivity index (χ0) is 16.1. The van der Waals surface area contributed by atoms with Gasteiger partial charge < -0.3 is 15.5 Å². The highest BCUT2D eigenvalue weighted by atomic mass is 32.1. The second kappa shape index (κ2) is 7.04. The molecule has 0 aliphatic carbocycles. The summed E-state index contributed by atoms with van der Waals surface area (Å²) < 4.78 is 0. The molecule has 0 spiro atoms. The highest BCUT2D eigenvalue weighted by Crippen LogP contribution is 2.18. The van der Waals surface area contributed by atoms with Gasteiger partial charge in [-0.1, -0.05) is 18.2 Å². The summed E-state index contributed by atoms with van der Waals surface area (Å²) in [6.45, 7) is 3.56. The molecule has 0 bridgehead atoms. The maximum atomic E-state index is 11.3. The van der Waals surface area contributed by atoms with Crippen LogP contribution in [0.5, 0.6) is 0 Å². The molecule has 0 heterocycles. The Morgan fingerprint density at radius 2 is 1.68 bits per heavy atom. The number of rotatable bonds is 3. The van der Waals surface area contributed by atoms with Crippen LogP contribution < -0.4 is 15.5 Å². The number of para-hydroxylation sites is 1. The van der Waals surface area contributed by atoms with Crippen molar-refractivity contribution >= 4 is 40.3 Å². The maximum absolute atomic E-state index is 11.3. The molecule has 114 valence electrons. The largest absolute Gasteiger partial charge is 0.332 e. The molecular formula is C17H19N3OS. The average molecular weight is 313 g/mol. The lowest BCUT2D eigenvalue weighted by Crippen LogP contribution is -2.23. The van der Waals surface area contributed by atoms with Gasteiger partial charge in [-0.25, -0.2) is 0 Å². The summed E-state index contributed by atoms with van der Waals surface area (Å²) in [5, 5.41) is 6.83. The number of amides is 1. The molecule has 2 aromatic rings. The summed E-state index contributed by atoms with van der Waals surface area (Å²) in [7, 11) is 1.75. The summed E-state index contributed by atoms with van der Waals surface area (Å²) in [5.41, 5.74) is 3.82. The van der Waals surface area contributed by atoms with E-state index in [0.29, 0.717) is 5.11 Å². The SMILES string of the molecule is CC(=O)N(C)c1ccc(NC(=S)Nc2ccccc2C)cc1. The number of benzene rings is 2. The van der Waals surface area contributed by atoms with E-state index in [4.69, 9.17) is 12.2 Å². The average Bonchev–Trinajstić information content (AvgIpc) is 2.49. The molecule has 0 radical (unpaired) electrons. The Balaban J connectivity index is 2.00. The minimum absolute atomic E-state index is 0.00236. The molecule has 0 saturated heterocycles. The first-order chi connectivity index (χ1) is 10.5. The summed E-state index contributed by atoms with van der Waals surface area (Å²) in [6.07, 6.45) is 0. The van der Waals surface area contributed by atoms with Crippen LogP contribution in [0.25, 0.3) is 0 Å². The Morgan fingerprint density at radius 1 is 1.05 bits per heavy atom. The number of nitrogens with one attached hydrogen (secondary N) is 2. The molecule has 5 heteroatoms. The monoisotopic (exact) mass is 313 g/mol.